The van der Waals surface area contributed by atoms with E-state index in [1.165, 1.54) is 36.4 Å². The molecule has 3 heterocycles. The van der Waals surface area contributed by atoms with Crippen molar-refractivity contribution in [2.45, 2.75) is 32.4 Å². The number of halogens is 4. The SMILES string of the molecule is CC1CN(C(=O)c2cc(Nc3ncc4c(n3)-c3ccc(Cl)cc3N(c3c(F)cccc3F)CC4)ccc2F)CC(C)N1. The van der Waals surface area contributed by atoms with Crippen LogP contribution in [0.3, 0.4) is 0 Å². The van der Waals surface area contributed by atoms with Crippen LogP contribution in [0.4, 0.5) is 36.2 Å². The molecule has 0 bridgehead atoms. The van der Waals surface area contributed by atoms with Crippen LogP contribution in [0.2, 0.25) is 5.02 Å². The van der Waals surface area contributed by atoms with Crippen molar-refractivity contribution in [3.63, 3.8) is 0 Å². The number of hydrogen-bond acceptors (Lipinski definition) is 6. The third kappa shape index (κ3) is 5.39. The Balaban J connectivity index is 1.34. The Morgan fingerprint density at radius 1 is 1.00 bits per heavy atom. The number of nitrogens with zero attached hydrogens (tertiary/aromatic N) is 4. The van der Waals surface area contributed by atoms with E-state index >= 15 is 0 Å². The Hall–Kier alpha value is -4.15. The number of hydrogen-bond donors (Lipinski definition) is 2. The quantitative estimate of drug-likeness (QED) is 0.283. The van der Waals surface area contributed by atoms with Crippen molar-refractivity contribution in [3.8, 4) is 11.3 Å². The summed E-state index contributed by atoms with van der Waals surface area (Å²) >= 11 is 6.33. The molecule has 11 heteroatoms. The first-order valence-corrected chi connectivity index (χ1v) is 14.0. The van der Waals surface area contributed by atoms with Crippen LogP contribution in [0.1, 0.15) is 29.8 Å². The average molecular weight is 593 g/mol. The van der Waals surface area contributed by atoms with Crippen LogP contribution >= 0.6 is 11.6 Å². The molecule has 1 saturated heterocycles. The number of carbonyl (C=O) groups excluding carboxylic acids is 1. The van der Waals surface area contributed by atoms with Gasteiger partial charge in [0.05, 0.1) is 16.9 Å². The monoisotopic (exact) mass is 592 g/mol. The molecule has 2 aliphatic rings. The summed E-state index contributed by atoms with van der Waals surface area (Å²) in [4.78, 5) is 25.6. The fraction of sp³-hybridized carbons (Fsp3) is 0.258. The normalized spacial score (nSPS) is 18.2. The first-order valence-electron chi connectivity index (χ1n) is 13.7. The number of para-hydroxylation sites is 1. The number of amides is 1. The van der Waals surface area contributed by atoms with Gasteiger partial charge in [-0.05, 0) is 74.4 Å². The van der Waals surface area contributed by atoms with Gasteiger partial charge in [-0.15, -0.1) is 0 Å². The molecule has 3 aromatic carbocycles. The molecule has 2 atom stereocenters. The molecular weight excluding hydrogens is 565 g/mol. The van der Waals surface area contributed by atoms with E-state index < -0.39 is 17.5 Å². The first kappa shape index (κ1) is 28.0. The molecule has 6 rings (SSSR count). The van der Waals surface area contributed by atoms with E-state index in [4.69, 9.17) is 16.6 Å². The summed E-state index contributed by atoms with van der Waals surface area (Å²) in [7, 11) is 0. The molecule has 42 heavy (non-hydrogen) atoms. The predicted molar refractivity (Wildman–Crippen MR) is 157 cm³/mol. The predicted octanol–water partition coefficient (Wildman–Crippen LogP) is 6.47. The highest BCUT2D eigenvalue weighted by molar-refractivity contribution is 6.31. The average Bonchev–Trinajstić information content (AvgIpc) is 3.10. The van der Waals surface area contributed by atoms with Crippen LogP contribution in [-0.2, 0) is 6.42 Å². The fourth-order valence-electron chi connectivity index (χ4n) is 5.70. The molecule has 0 saturated carbocycles. The maximum atomic E-state index is 14.9. The molecule has 1 aromatic heterocycles. The molecule has 0 spiro atoms. The summed E-state index contributed by atoms with van der Waals surface area (Å²) in [5.74, 6) is -2.16. The number of rotatable bonds is 4. The lowest BCUT2D eigenvalue weighted by molar-refractivity contribution is 0.0669. The van der Waals surface area contributed by atoms with Gasteiger partial charge in [0, 0.05) is 54.2 Å². The minimum Gasteiger partial charge on any atom is -0.336 e. The van der Waals surface area contributed by atoms with E-state index in [2.05, 4.69) is 15.6 Å². The maximum Gasteiger partial charge on any atom is 0.257 e. The zero-order chi connectivity index (χ0) is 29.5. The lowest BCUT2D eigenvalue weighted by atomic mass is 10.0. The van der Waals surface area contributed by atoms with Crippen LogP contribution in [0.15, 0.2) is 60.8 Å². The van der Waals surface area contributed by atoms with Crippen molar-refractivity contribution in [1.29, 1.82) is 0 Å². The highest BCUT2D eigenvalue weighted by atomic mass is 35.5. The molecule has 0 radical (unpaired) electrons. The van der Waals surface area contributed by atoms with E-state index in [9.17, 15) is 18.0 Å². The molecule has 4 aromatic rings. The van der Waals surface area contributed by atoms with Gasteiger partial charge in [0.15, 0.2) is 0 Å². The number of piperazine rings is 1. The molecule has 0 aliphatic carbocycles. The summed E-state index contributed by atoms with van der Waals surface area (Å²) in [6.07, 6.45) is 2.07. The molecule has 7 nitrogen and oxygen atoms in total. The van der Waals surface area contributed by atoms with Crippen molar-refractivity contribution in [2.24, 2.45) is 0 Å². The highest BCUT2D eigenvalue weighted by Crippen LogP contribution is 2.42. The standard InChI is InChI=1S/C31H28ClF3N6O/c1-17-15-40(16-18(2)37-17)30(42)23-13-21(7-9-24(23)33)38-31-36-14-19-10-11-41(29-25(34)4-3-5-26(29)35)27-12-20(32)6-8-22(27)28(19)39-31/h3-9,12-14,17-18,37H,10-11,15-16H2,1-2H3,(H,36,38,39). The topological polar surface area (TPSA) is 73.4 Å². The van der Waals surface area contributed by atoms with Crippen molar-refractivity contribution in [3.05, 3.63) is 94.4 Å². The number of benzene rings is 3. The van der Waals surface area contributed by atoms with Gasteiger partial charge in [0.25, 0.3) is 5.91 Å². The maximum absolute atomic E-state index is 14.9. The Morgan fingerprint density at radius 2 is 1.74 bits per heavy atom. The summed E-state index contributed by atoms with van der Waals surface area (Å²) in [6.45, 7) is 5.19. The van der Waals surface area contributed by atoms with Crippen molar-refractivity contribution in [1.82, 2.24) is 20.2 Å². The van der Waals surface area contributed by atoms with Gasteiger partial charge in [0.2, 0.25) is 5.95 Å². The van der Waals surface area contributed by atoms with Gasteiger partial charge in [-0.2, -0.15) is 0 Å². The van der Waals surface area contributed by atoms with Crippen LogP contribution in [0.5, 0.6) is 0 Å². The third-order valence-electron chi connectivity index (χ3n) is 7.48. The minimum atomic E-state index is -0.688. The Morgan fingerprint density at radius 3 is 2.48 bits per heavy atom. The number of aromatic nitrogens is 2. The van der Waals surface area contributed by atoms with Gasteiger partial charge < -0.3 is 20.4 Å². The smallest absolute Gasteiger partial charge is 0.257 e. The summed E-state index contributed by atoms with van der Waals surface area (Å²) < 4.78 is 44.5. The van der Waals surface area contributed by atoms with Crippen molar-refractivity contribution < 1.29 is 18.0 Å². The Kier molecular flexibility index (Phi) is 7.51. The number of carbonyl (C=O) groups is 1. The number of fused-ring (bicyclic) bond motifs is 3. The largest absolute Gasteiger partial charge is 0.336 e. The lowest BCUT2D eigenvalue weighted by Crippen LogP contribution is -2.55. The first-order chi connectivity index (χ1) is 20.2. The van der Waals surface area contributed by atoms with Gasteiger partial charge >= 0.3 is 0 Å². The number of nitrogens with one attached hydrogen (secondary N) is 2. The van der Waals surface area contributed by atoms with E-state index in [1.807, 2.05) is 13.8 Å². The Bertz CT molecular complexity index is 1650. The molecule has 2 aliphatic heterocycles. The van der Waals surface area contributed by atoms with Crippen molar-refractivity contribution in [2.75, 3.05) is 29.9 Å². The fourth-order valence-corrected chi connectivity index (χ4v) is 5.87. The second-order valence-corrected chi connectivity index (χ2v) is 11.1. The minimum absolute atomic E-state index is 0.0430. The second-order valence-electron chi connectivity index (χ2n) is 10.7. The van der Waals surface area contributed by atoms with E-state index in [0.29, 0.717) is 47.2 Å². The van der Waals surface area contributed by atoms with Crippen LogP contribution < -0.4 is 15.5 Å². The van der Waals surface area contributed by atoms with Crippen LogP contribution in [0, 0.1) is 17.5 Å². The van der Waals surface area contributed by atoms with Crippen LogP contribution in [-0.4, -0.2) is 52.5 Å². The third-order valence-corrected chi connectivity index (χ3v) is 7.72. The summed E-state index contributed by atoms with van der Waals surface area (Å²) in [5.41, 5.74) is 2.70. The van der Waals surface area contributed by atoms with Gasteiger partial charge in [-0.25, -0.2) is 23.1 Å². The van der Waals surface area contributed by atoms with E-state index in [-0.39, 0.29) is 41.7 Å². The Labute approximate surface area is 246 Å². The van der Waals surface area contributed by atoms with Gasteiger partial charge in [0.1, 0.15) is 23.1 Å². The van der Waals surface area contributed by atoms with Crippen molar-refractivity contribution >= 4 is 40.5 Å². The lowest BCUT2D eigenvalue weighted by Gasteiger charge is -2.36. The van der Waals surface area contributed by atoms with E-state index in [0.717, 1.165) is 5.56 Å². The molecule has 216 valence electrons. The zero-order valence-corrected chi connectivity index (χ0v) is 23.7. The van der Waals surface area contributed by atoms with E-state index in [1.54, 1.807) is 34.2 Å². The summed E-state index contributed by atoms with van der Waals surface area (Å²) in [6, 6.07) is 13.3. The molecule has 1 amide bonds. The number of anilines is 4. The molecular formula is C31H28ClF3N6O. The second kappa shape index (κ2) is 11.3. The highest BCUT2D eigenvalue weighted by Gasteiger charge is 2.29. The molecule has 2 N–H and O–H groups in total. The molecule has 2 unspecified atom stereocenters. The van der Waals surface area contributed by atoms with Gasteiger partial charge in [-0.3, -0.25) is 4.79 Å². The zero-order valence-electron chi connectivity index (χ0n) is 23.0. The van der Waals surface area contributed by atoms with Gasteiger partial charge in [-0.1, -0.05) is 17.7 Å². The summed E-state index contributed by atoms with van der Waals surface area (Å²) in [5, 5.41) is 6.86. The van der Waals surface area contributed by atoms with Crippen LogP contribution in [0.25, 0.3) is 11.3 Å². The molecule has 1 fully saturated rings.